The molecule has 0 aliphatic rings. The SMILES string of the molecule is Cc1cc(Sc2ccc(S(C)(=O)=O)cc2)ccc1C#N. The molecular formula is C15H13NO2S2. The minimum absolute atomic E-state index is 0.317. The summed E-state index contributed by atoms with van der Waals surface area (Å²) in [5, 5.41) is 8.89. The summed E-state index contributed by atoms with van der Waals surface area (Å²) in [6, 6.07) is 14.6. The van der Waals surface area contributed by atoms with Crippen molar-refractivity contribution in [3.63, 3.8) is 0 Å². The molecule has 0 atom stereocenters. The van der Waals surface area contributed by atoms with E-state index in [0.717, 1.165) is 15.4 Å². The third kappa shape index (κ3) is 3.41. The standard InChI is InChI=1S/C15H13NO2S2/c1-11-9-14(4-3-12(11)10-16)19-13-5-7-15(8-6-13)20(2,17)18/h3-9H,1-2H3. The van der Waals surface area contributed by atoms with Crippen LogP contribution in [0.1, 0.15) is 11.1 Å². The number of nitriles is 1. The molecule has 2 rings (SSSR count). The highest BCUT2D eigenvalue weighted by Gasteiger charge is 2.07. The molecule has 3 nitrogen and oxygen atoms in total. The van der Waals surface area contributed by atoms with E-state index >= 15 is 0 Å². The molecule has 5 heteroatoms. The lowest BCUT2D eigenvalue weighted by atomic mass is 10.1. The van der Waals surface area contributed by atoms with Gasteiger partial charge in [-0.1, -0.05) is 11.8 Å². The fraction of sp³-hybridized carbons (Fsp3) is 0.133. The van der Waals surface area contributed by atoms with Gasteiger partial charge in [-0.2, -0.15) is 5.26 Å². The van der Waals surface area contributed by atoms with Crippen molar-refractivity contribution in [2.24, 2.45) is 0 Å². The molecule has 0 aromatic heterocycles. The summed E-state index contributed by atoms with van der Waals surface area (Å²) < 4.78 is 22.8. The third-order valence-electron chi connectivity index (χ3n) is 2.81. The van der Waals surface area contributed by atoms with E-state index in [-0.39, 0.29) is 0 Å². The first kappa shape index (κ1) is 14.6. The molecule has 0 aliphatic carbocycles. The lowest BCUT2D eigenvalue weighted by Crippen LogP contribution is -1.95. The summed E-state index contributed by atoms with van der Waals surface area (Å²) in [5.41, 5.74) is 1.60. The Labute approximate surface area is 123 Å². The Morgan fingerprint density at radius 3 is 2.15 bits per heavy atom. The second kappa shape index (κ2) is 5.70. The van der Waals surface area contributed by atoms with Gasteiger partial charge in [-0.3, -0.25) is 0 Å². The predicted molar refractivity (Wildman–Crippen MR) is 79.6 cm³/mol. The van der Waals surface area contributed by atoms with Crippen LogP contribution in [0.5, 0.6) is 0 Å². The molecule has 0 unspecified atom stereocenters. The fourth-order valence-corrected chi connectivity index (χ4v) is 3.26. The number of nitrogens with zero attached hydrogens (tertiary/aromatic N) is 1. The molecule has 2 aromatic rings. The van der Waals surface area contributed by atoms with Gasteiger partial charge in [0.2, 0.25) is 0 Å². The van der Waals surface area contributed by atoms with Gasteiger partial charge in [-0.25, -0.2) is 8.42 Å². The van der Waals surface area contributed by atoms with Gasteiger partial charge >= 0.3 is 0 Å². The van der Waals surface area contributed by atoms with Gasteiger partial charge in [0, 0.05) is 16.0 Å². The van der Waals surface area contributed by atoms with Crippen LogP contribution in [0, 0.1) is 18.3 Å². The lowest BCUT2D eigenvalue weighted by Gasteiger charge is -2.05. The monoisotopic (exact) mass is 303 g/mol. The summed E-state index contributed by atoms with van der Waals surface area (Å²) >= 11 is 1.54. The van der Waals surface area contributed by atoms with Crippen molar-refractivity contribution in [3.05, 3.63) is 53.6 Å². The van der Waals surface area contributed by atoms with Crippen molar-refractivity contribution in [1.29, 1.82) is 5.26 Å². The first-order chi connectivity index (χ1) is 9.40. The van der Waals surface area contributed by atoms with E-state index in [1.807, 2.05) is 19.1 Å². The number of rotatable bonds is 3. The highest BCUT2D eigenvalue weighted by Crippen LogP contribution is 2.29. The van der Waals surface area contributed by atoms with E-state index in [9.17, 15) is 8.42 Å². The second-order valence-electron chi connectivity index (χ2n) is 4.43. The van der Waals surface area contributed by atoms with Crippen LogP contribution in [0.2, 0.25) is 0 Å². The molecule has 0 amide bonds. The van der Waals surface area contributed by atoms with Crippen LogP contribution in [0.25, 0.3) is 0 Å². The molecule has 0 N–H and O–H groups in total. The van der Waals surface area contributed by atoms with Crippen LogP contribution < -0.4 is 0 Å². The van der Waals surface area contributed by atoms with E-state index < -0.39 is 9.84 Å². The van der Waals surface area contributed by atoms with Gasteiger partial charge in [0.25, 0.3) is 0 Å². The van der Waals surface area contributed by atoms with Crippen molar-refractivity contribution in [2.75, 3.05) is 6.26 Å². The van der Waals surface area contributed by atoms with E-state index in [2.05, 4.69) is 6.07 Å². The van der Waals surface area contributed by atoms with Crippen molar-refractivity contribution in [1.82, 2.24) is 0 Å². The molecule has 0 saturated heterocycles. The molecule has 0 aliphatic heterocycles. The van der Waals surface area contributed by atoms with Crippen LogP contribution in [-0.4, -0.2) is 14.7 Å². The number of benzene rings is 2. The molecular weight excluding hydrogens is 290 g/mol. The minimum Gasteiger partial charge on any atom is -0.224 e. The quantitative estimate of drug-likeness (QED) is 0.871. The minimum atomic E-state index is -3.15. The van der Waals surface area contributed by atoms with Crippen LogP contribution in [0.3, 0.4) is 0 Å². The number of hydrogen-bond acceptors (Lipinski definition) is 4. The zero-order chi connectivity index (χ0) is 14.8. The maximum absolute atomic E-state index is 11.4. The van der Waals surface area contributed by atoms with E-state index in [4.69, 9.17) is 5.26 Å². The van der Waals surface area contributed by atoms with Crippen molar-refractivity contribution >= 4 is 21.6 Å². The maximum Gasteiger partial charge on any atom is 0.175 e. The second-order valence-corrected chi connectivity index (χ2v) is 7.60. The van der Waals surface area contributed by atoms with Crippen LogP contribution >= 0.6 is 11.8 Å². The van der Waals surface area contributed by atoms with E-state index in [1.165, 1.54) is 18.0 Å². The average Bonchev–Trinajstić information content (AvgIpc) is 2.38. The zero-order valence-electron chi connectivity index (χ0n) is 11.1. The van der Waals surface area contributed by atoms with Gasteiger partial charge in [-0.05, 0) is 55.0 Å². The summed E-state index contributed by atoms with van der Waals surface area (Å²) in [6.45, 7) is 1.90. The molecule has 0 bridgehead atoms. The van der Waals surface area contributed by atoms with Crippen molar-refractivity contribution in [3.8, 4) is 6.07 Å². The molecule has 20 heavy (non-hydrogen) atoms. The number of aryl methyl sites for hydroxylation is 1. The Morgan fingerprint density at radius 2 is 1.65 bits per heavy atom. The summed E-state index contributed by atoms with van der Waals surface area (Å²) in [4.78, 5) is 2.30. The summed E-state index contributed by atoms with van der Waals surface area (Å²) in [7, 11) is -3.15. The van der Waals surface area contributed by atoms with Crippen LogP contribution in [-0.2, 0) is 9.84 Å². The Bertz CT molecular complexity index is 773. The first-order valence-corrected chi connectivity index (χ1v) is 8.59. The molecule has 0 spiro atoms. The summed E-state index contributed by atoms with van der Waals surface area (Å²) in [6.07, 6.45) is 1.19. The lowest BCUT2D eigenvalue weighted by molar-refractivity contribution is 0.602. The normalized spacial score (nSPS) is 11.1. The van der Waals surface area contributed by atoms with Gasteiger partial charge < -0.3 is 0 Å². The topological polar surface area (TPSA) is 57.9 Å². The van der Waals surface area contributed by atoms with Gasteiger partial charge in [0.1, 0.15) is 0 Å². The molecule has 0 fully saturated rings. The van der Waals surface area contributed by atoms with Gasteiger partial charge in [0.05, 0.1) is 16.5 Å². The van der Waals surface area contributed by atoms with Gasteiger partial charge in [0.15, 0.2) is 9.84 Å². The fourth-order valence-electron chi connectivity index (χ4n) is 1.72. The number of hydrogen-bond donors (Lipinski definition) is 0. The first-order valence-electron chi connectivity index (χ1n) is 5.89. The highest BCUT2D eigenvalue weighted by atomic mass is 32.2. The van der Waals surface area contributed by atoms with Crippen LogP contribution in [0.4, 0.5) is 0 Å². The van der Waals surface area contributed by atoms with Crippen molar-refractivity contribution < 1.29 is 8.42 Å². The molecule has 2 aromatic carbocycles. The Morgan fingerprint density at radius 1 is 1.05 bits per heavy atom. The Kier molecular flexibility index (Phi) is 4.17. The molecule has 0 heterocycles. The number of sulfone groups is 1. The van der Waals surface area contributed by atoms with Gasteiger partial charge in [-0.15, -0.1) is 0 Å². The Hall–Kier alpha value is -1.77. The van der Waals surface area contributed by atoms with E-state index in [0.29, 0.717) is 10.5 Å². The smallest absolute Gasteiger partial charge is 0.175 e. The highest BCUT2D eigenvalue weighted by molar-refractivity contribution is 7.99. The largest absolute Gasteiger partial charge is 0.224 e. The van der Waals surface area contributed by atoms with E-state index in [1.54, 1.807) is 30.3 Å². The molecule has 102 valence electrons. The average molecular weight is 303 g/mol. The maximum atomic E-state index is 11.4. The Balaban J connectivity index is 2.23. The summed E-state index contributed by atoms with van der Waals surface area (Å²) in [5.74, 6) is 0. The molecule has 0 saturated carbocycles. The predicted octanol–water partition coefficient (Wildman–Crippen LogP) is 3.42. The molecule has 0 radical (unpaired) electrons. The van der Waals surface area contributed by atoms with Crippen LogP contribution in [0.15, 0.2) is 57.2 Å². The third-order valence-corrected chi connectivity index (χ3v) is 4.93. The van der Waals surface area contributed by atoms with Crippen molar-refractivity contribution in [2.45, 2.75) is 21.6 Å². The zero-order valence-corrected chi connectivity index (χ0v) is 12.8.